The highest BCUT2D eigenvalue weighted by Crippen LogP contribution is 2.28. The second-order valence-electron chi connectivity index (χ2n) is 5.53. The van der Waals surface area contributed by atoms with Gasteiger partial charge in [-0.15, -0.1) is 0 Å². The fraction of sp³-hybridized carbons (Fsp3) is 0.500. The predicted octanol–water partition coefficient (Wildman–Crippen LogP) is 2.72. The molecule has 2 N–H and O–H groups in total. The number of alkyl halides is 3. The van der Waals surface area contributed by atoms with Crippen LogP contribution in [0.5, 0.6) is 0 Å². The SMILES string of the molecule is CC(C)C(C)(CC(=O)O)NC(=O)c1ccc(C(F)(F)F)cn1. The average Bonchev–Trinajstić information content (AvgIpc) is 2.36. The Labute approximate surface area is 125 Å². The number of hydrogen-bond acceptors (Lipinski definition) is 3. The molecule has 0 aliphatic rings. The fourth-order valence-electron chi connectivity index (χ4n) is 1.73. The third-order valence-corrected chi connectivity index (χ3v) is 3.52. The maximum atomic E-state index is 12.4. The number of pyridine rings is 1. The van der Waals surface area contributed by atoms with E-state index < -0.39 is 29.2 Å². The van der Waals surface area contributed by atoms with E-state index in [1.165, 1.54) is 0 Å². The first-order valence-corrected chi connectivity index (χ1v) is 6.53. The van der Waals surface area contributed by atoms with E-state index in [1.54, 1.807) is 20.8 Å². The predicted molar refractivity (Wildman–Crippen MR) is 72.2 cm³/mol. The summed E-state index contributed by atoms with van der Waals surface area (Å²) < 4.78 is 37.3. The highest BCUT2D eigenvalue weighted by molar-refractivity contribution is 5.93. The zero-order valence-corrected chi connectivity index (χ0v) is 12.4. The lowest BCUT2D eigenvalue weighted by Crippen LogP contribution is -2.51. The number of rotatable bonds is 5. The number of aromatic nitrogens is 1. The maximum absolute atomic E-state index is 12.4. The van der Waals surface area contributed by atoms with Crippen LogP contribution in [0.4, 0.5) is 13.2 Å². The van der Waals surface area contributed by atoms with Crippen LogP contribution in [0, 0.1) is 5.92 Å². The molecule has 0 aromatic carbocycles. The number of halogens is 3. The van der Waals surface area contributed by atoms with E-state index >= 15 is 0 Å². The first-order chi connectivity index (χ1) is 9.95. The standard InChI is InChI=1S/C14H17F3N2O3/c1-8(2)13(3,6-11(20)21)19-12(22)10-5-4-9(7-18-10)14(15,16)17/h4-5,7-8H,6H2,1-3H3,(H,19,22)(H,20,21). The number of aliphatic carboxylic acids is 1. The van der Waals surface area contributed by atoms with Gasteiger partial charge in [0.05, 0.1) is 17.5 Å². The minimum absolute atomic E-state index is 0.193. The van der Waals surface area contributed by atoms with E-state index in [0.29, 0.717) is 6.20 Å². The molecule has 1 amide bonds. The Balaban J connectivity index is 2.93. The smallest absolute Gasteiger partial charge is 0.417 e. The summed E-state index contributed by atoms with van der Waals surface area (Å²) in [6.07, 6.45) is -4.27. The Hall–Kier alpha value is -2.12. The highest BCUT2D eigenvalue weighted by atomic mass is 19.4. The van der Waals surface area contributed by atoms with Crippen LogP contribution in [0.1, 0.15) is 43.2 Å². The van der Waals surface area contributed by atoms with E-state index in [4.69, 9.17) is 5.11 Å². The lowest BCUT2D eigenvalue weighted by molar-refractivity contribution is -0.139. The van der Waals surface area contributed by atoms with Crippen LogP contribution in [0.25, 0.3) is 0 Å². The highest BCUT2D eigenvalue weighted by Gasteiger charge is 2.34. The van der Waals surface area contributed by atoms with Gasteiger partial charge in [-0.2, -0.15) is 13.2 Å². The van der Waals surface area contributed by atoms with E-state index in [1.807, 2.05) is 0 Å². The summed E-state index contributed by atoms with van der Waals surface area (Å²) in [6, 6.07) is 1.71. The van der Waals surface area contributed by atoms with Crippen molar-refractivity contribution in [3.63, 3.8) is 0 Å². The number of nitrogens with one attached hydrogen (secondary N) is 1. The van der Waals surface area contributed by atoms with E-state index in [9.17, 15) is 22.8 Å². The average molecular weight is 318 g/mol. The van der Waals surface area contributed by atoms with Gasteiger partial charge in [0.1, 0.15) is 5.69 Å². The van der Waals surface area contributed by atoms with Crippen LogP contribution in [-0.4, -0.2) is 27.5 Å². The molecule has 1 rings (SSSR count). The molecule has 0 aliphatic carbocycles. The van der Waals surface area contributed by atoms with Crippen molar-refractivity contribution in [1.82, 2.24) is 10.3 Å². The molecule has 1 heterocycles. The van der Waals surface area contributed by atoms with Gasteiger partial charge in [-0.25, -0.2) is 0 Å². The zero-order valence-electron chi connectivity index (χ0n) is 12.4. The Kier molecular flexibility index (Phi) is 5.16. The summed E-state index contributed by atoms with van der Waals surface area (Å²) in [7, 11) is 0. The molecule has 0 fully saturated rings. The number of carbonyl (C=O) groups excluding carboxylic acids is 1. The molecule has 1 aromatic rings. The Bertz CT molecular complexity index is 555. The molecule has 0 aliphatic heterocycles. The van der Waals surface area contributed by atoms with Crippen molar-refractivity contribution in [1.29, 1.82) is 0 Å². The summed E-state index contributed by atoms with van der Waals surface area (Å²) >= 11 is 0. The van der Waals surface area contributed by atoms with Gasteiger partial charge in [-0.3, -0.25) is 14.6 Å². The van der Waals surface area contributed by atoms with Crippen molar-refractivity contribution in [3.05, 3.63) is 29.6 Å². The second-order valence-corrected chi connectivity index (χ2v) is 5.53. The molecular formula is C14H17F3N2O3. The zero-order chi connectivity index (χ0) is 17.1. The van der Waals surface area contributed by atoms with Crippen molar-refractivity contribution < 1.29 is 27.9 Å². The topological polar surface area (TPSA) is 79.3 Å². The summed E-state index contributed by atoms with van der Waals surface area (Å²) in [6.45, 7) is 5.04. The molecule has 0 bridgehead atoms. The molecule has 0 radical (unpaired) electrons. The Morgan fingerprint density at radius 1 is 1.32 bits per heavy atom. The van der Waals surface area contributed by atoms with Gasteiger partial charge >= 0.3 is 12.1 Å². The van der Waals surface area contributed by atoms with Crippen molar-refractivity contribution in [2.24, 2.45) is 5.92 Å². The molecule has 1 unspecified atom stereocenters. The van der Waals surface area contributed by atoms with Gasteiger partial charge in [0, 0.05) is 6.20 Å². The van der Waals surface area contributed by atoms with Gasteiger partial charge in [-0.1, -0.05) is 13.8 Å². The third kappa shape index (κ3) is 4.44. The summed E-state index contributed by atoms with van der Waals surface area (Å²) in [5, 5.41) is 11.5. The number of carbonyl (C=O) groups is 2. The van der Waals surface area contributed by atoms with Gasteiger partial charge in [0.25, 0.3) is 5.91 Å². The molecule has 8 heteroatoms. The Morgan fingerprint density at radius 2 is 1.91 bits per heavy atom. The van der Waals surface area contributed by atoms with E-state index in [0.717, 1.165) is 12.1 Å². The monoisotopic (exact) mass is 318 g/mol. The summed E-state index contributed by atoms with van der Waals surface area (Å²) in [5.41, 5.74) is -2.20. The summed E-state index contributed by atoms with van der Waals surface area (Å²) in [5.74, 6) is -2.00. The van der Waals surface area contributed by atoms with Gasteiger partial charge in [0.15, 0.2) is 0 Å². The van der Waals surface area contributed by atoms with Gasteiger partial charge in [-0.05, 0) is 25.0 Å². The molecule has 0 spiro atoms. The fourth-order valence-corrected chi connectivity index (χ4v) is 1.73. The van der Waals surface area contributed by atoms with Crippen LogP contribution in [0.15, 0.2) is 18.3 Å². The van der Waals surface area contributed by atoms with Crippen LogP contribution in [0.3, 0.4) is 0 Å². The Morgan fingerprint density at radius 3 is 2.27 bits per heavy atom. The molecule has 22 heavy (non-hydrogen) atoms. The largest absolute Gasteiger partial charge is 0.481 e. The number of amides is 1. The number of carboxylic acids is 1. The lowest BCUT2D eigenvalue weighted by Gasteiger charge is -2.33. The van der Waals surface area contributed by atoms with Crippen molar-refractivity contribution >= 4 is 11.9 Å². The quantitative estimate of drug-likeness (QED) is 0.875. The molecular weight excluding hydrogens is 301 g/mol. The first-order valence-electron chi connectivity index (χ1n) is 6.53. The van der Waals surface area contributed by atoms with E-state index in [2.05, 4.69) is 10.3 Å². The van der Waals surface area contributed by atoms with Gasteiger partial charge < -0.3 is 10.4 Å². The first kappa shape index (κ1) is 17.9. The van der Waals surface area contributed by atoms with Crippen LogP contribution in [0.2, 0.25) is 0 Å². The maximum Gasteiger partial charge on any atom is 0.417 e. The second kappa shape index (κ2) is 6.33. The molecule has 1 atom stereocenters. The molecule has 0 saturated heterocycles. The van der Waals surface area contributed by atoms with Crippen molar-refractivity contribution in [3.8, 4) is 0 Å². The number of nitrogens with zero attached hydrogens (tertiary/aromatic N) is 1. The molecule has 5 nitrogen and oxygen atoms in total. The summed E-state index contributed by atoms with van der Waals surface area (Å²) in [4.78, 5) is 26.4. The third-order valence-electron chi connectivity index (χ3n) is 3.52. The van der Waals surface area contributed by atoms with Crippen molar-refractivity contribution in [2.75, 3.05) is 0 Å². The minimum atomic E-state index is -4.53. The minimum Gasteiger partial charge on any atom is -0.481 e. The van der Waals surface area contributed by atoms with Crippen LogP contribution < -0.4 is 5.32 Å². The van der Waals surface area contributed by atoms with Gasteiger partial charge in [0.2, 0.25) is 0 Å². The lowest BCUT2D eigenvalue weighted by atomic mass is 9.85. The number of hydrogen-bond donors (Lipinski definition) is 2. The number of carboxylic acid groups (broad SMARTS) is 1. The van der Waals surface area contributed by atoms with Crippen molar-refractivity contribution in [2.45, 2.75) is 38.9 Å². The molecule has 122 valence electrons. The van der Waals surface area contributed by atoms with Crippen LogP contribution >= 0.6 is 0 Å². The molecule has 1 aromatic heterocycles. The normalized spacial score (nSPS) is 14.5. The van der Waals surface area contributed by atoms with Crippen LogP contribution in [-0.2, 0) is 11.0 Å². The van der Waals surface area contributed by atoms with E-state index in [-0.39, 0.29) is 18.0 Å². The molecule has 0 saturated carbocycles.